The van der Waals surface area contributed by atoms with Crippen molar-refractivity contribution in [2.24, 2.45) is 11.8 Å². The minimum atomic E-state index is -2.98. The molecule has 3 heterocycles. The Kier molecular flexibility index (Phi) is 4.01. The summed E-state index contributed by atoms with van der Waals surface area (Å²) in [4.78, 5) is 18.3. The predicted molar refractivity (Wildman–Crippen MR) is 78.3 cm³/mol. The lowest BCUT2D eigenvalue weighted by molar-refractivity contribution is -0.136. The van der Waals surface area contributed by atoms with E-state index in [-0.39, 0.29) is 23.3 Å². The molecule has 1 unspecified atom stereocenters. The highest BCUT2D eigenvalue weighted by molar-refractivity contribution is 7.91. The lowest BCUT2D eigenvalue weighted by atomic mass is 9.95. The van der Waals surface area contributed by atoms with Crippen molar-refractivity contribution in [3.05, 3.63) is 18.7 Å². The van der Waals surface area contributed by atoms with E-state index in [1.54, 1.807) is 6.20 Å². The van der Waals surface area contributed by atoms with Gasteiger partial charge in [-0.05, 0) is 25.2 Å². The molecule has 116 valence electrons. The summed E-state index contributed by atoms with van der Waals surface area (Å²) in [6, 6.07) is 0. The molecular weight excluding hydrogens is 290 g/mol. The fourth-order valence-electron chi connectivity index (χ4n) is 3.28. The molecule has 0 saturated carbocycles. The number of carbonyl (C=O) groups is 1. The highest BCUT2D eigenvalue weighted by atomic mass is 32.2. The highest BCUT2D eigenvalue weighted by Gasteiger charge is 2.36. The van der Waals surface area contributed by atoms with Crippen molar-refractivity contribution in [3.8, 4) is 0 Å². The molecule has 1 amide bonds. The normalized spacial score (nSPS) is 26.1. The maximum Gasteiger partial charge on any atom is 0.226 e. The Labute approximate surface area is 125 Å². The number of amides is 1. The summed E-state index contributed by atoms with van der Waals surface area (Å²) < 4.78 is 25.0. The summed E-state index contributed by atoms with van der Waals surface area (Å²) in [7, 11) is -2.98. The van der Waals surface area contributed by atoms with Crippen LogP contribution in [-0.2, 0) is 21.2 Å². The molecule has 2 aliphatic rings. The Morgan fingerprint density at radius 3 is 2.57 bits per heavy atom. The molecule has 1 aromatic heterocycles. The number of piperidine rings is 1. The first-order chi connectivity index (χ1) is 10.0. The van der Waals surface area contributed by atoms with E-state index in [9.17, 15) is 13.2 Å². The zero-order valence-electron chi connectivity index (χ0n) is 12.0. The van der Waals surface area contributed by atoms with E-state index < -0.39 is 9.84 Å². The maximum absolute atomic E-state index is 12.4. The van der Waals surface area contributed by atoms with E-state index >= 15 is 0 Å². The second kappa shape index (κ2) is 5.79. The fraction of sp³-hybridized carbons (Fsp3) is 0.714. The van der Waals surface area contributed by atoms with Crippen LogP contribution >= 0.6 is 0 Å². The van der Waals surface area contributed by atoms with Crippen LogP contribution in [0.3, 0.4) is 0 Å². The molecule has 1 aromatic rings. The maximum atomic E-state index is 12.4. The van der Waals surface area contributed by atoms with E-state index in [4.69, 9.17) is 0 Å². The molecule has 6 nitrogen and oxygen atoms in total. The Bertz CT molecular complexity index is 589. The van der Waals surface area contributed by atoms with Crippen LogP contribution in [0.4, 0.5) is 0 Å². The molecule has 2 saturated heterocycles. The van der Waals surface area contributed by atoms with E-state index in [1.165, 1.54) is 0 Å². The van der Waals surface area contributed by atoms with Crippen LogP contribution in [0.25, 0.3) is 0 Å². The molecule has 1 atom stereocenters. The van der Waals surface area contributed by atoms with E-state index in [0.717, 1.165) is 32.5 Å². The van der Waals surface area contributed by atoms with Crippen LogP contribution in [0.15, 0.2) is 18.7 Å². The Hall–Kier alpha value is -1.37. The summed E-state index contributed by atoms with van der Waals surface area (Å²) in [5.41, 5.74) is 0. The third kappa shape index (κ3) is 3.45. The van der Waals surface area contributed by atoms with Gasteiger partial charge in [0.15, 0.2) is 9.84 Å². The second-order valence-electron chi connectivity index (χ2n) is 6.13. The number of hydrogen-bond donors (Lipinski definition) is 0. The quantitative estimate of drug-likeness (QED) is 0.817. The average molecular weight is 311 g/mol. The van der Waals surface area contributed by atoms with Gasteiger partial charge < -0.3 is 9.47 Å². The molecule has 0 aliphatic carbocycles. The highest BCUT2D eigenvalue weighted by Crippen LogP contribution is 2.25. The van der Waals surface area contributed by atoms with Crippen molar-refractivity contribution < 1.29 is 13.2 Å². The minimum Gasteiger partial charge on any atom is -0.342 e. The zero-order chi connectivity index (χ0) is 14.9. The van der Waals surface area contributed by atoms with Crippen LogP contribution < -0.4 is 0 Å². The van der Waals surface area contributed by atoms with Crippen molar-refractivity contribution in [1.29, 1.82) is 0 Å². The molecule has 7 heteroatoms. The average Bonchev–Trinajstić information content (AvgIpc) is 3.08. The molecule has 0 bridgehead atoms. The summed E-state index contributed by atoms with van der Waals surface area (Å²) in [6.07, 6.45) is 8.00. The number of nitrogens with zero attached hydrogens (tertiary/aromatic N) is 3. The number of likely N-dealkylation sites (tertiary alicyclic amines) is 1. The topological polar surface area (TPSA) is 72.3 Å². The zero-order valence-corrected chi connectivity index (χ0v) is 12.8. The van der Waals surface area contributed by atoms with Crippen molar-refractivity contribution in [1.82, 2.24) is 14.5 Å². The van der Waals surface area contributed by atoms with Gasteiger partial charge in [-0.1, -0.05) is 0 Å². The SMILES string of the molecule is O=C(C1CCS(=O)(=O)C1)N1CCC(Cn2ccnc2)CC1. The van der Waals surface area contributed by atoms with Crippen molar-refractivity contribution >= 4 is 15.7 Å². The van der Waals surface area contributed by atoms with Crippen molar-refractivity contribution in [2.45, 2.75) is 25.8 Å². The molecule has 0 spiro atoms. The van der Waals surface area contributed by atoms with E-state index in [1.807, 2.05) is 17.4 Å². The third-order valence-electron chi connectivity index (χ3n) is 4.54. The minimum absolute atomic E-state index is 0.0390. The van der Waals surface area contributed by atoms with Gasteiger partial charge in [0.25, 0.3) is 0 Å². The molecule has 3 rings (SSSR count). The van der Waals surface area contributed by atoms with Crippen LogP contribution in [0.1, 0.15) is 19.3 Å². The Morgan fingerprint density at radius 1 is 1.24 bits per heavy atom. The largest absolute Gasteiger partial charge is 0.342 e. The van der Waals surface area contributed by atoms with Gasteiger partial charge in [0.2, 0.25) is 5.91 Å². The van der Waals surface area contributed by atoms with Crippen LogP contribution in [0, 0.1) is 11.8 Å². The fourth-order valence-corrected chi connectivity index (χ4v) is 5.01. The molecule has 0 radical (unpaired) electrons. The predicted octanol–water partition coefficient (Wildman–Crippen LogP) is 0.556. The molecule has 2 fully saturated rings. The molecule has 0 aromatic carbocycles. The molecule has 21 heavy (non-hydrogen) atoms. The van der Waals surface area contributed by atoms with Gasteiger partial charge in [0.05, 0.1) is 23.8 Å². The van der Waals surface area contributed by atoms with Gasteiger partial charge in [-0.3, -0.25) is 4.79 Å². The van der Waals surface area contributed by atoms with Gasteiger partial charge in [-0.2, -0.15) is 0 Å². The first-order valence-electron chi connectivity index (χ1n) is 7.48. The summed E-state index contributed by atoms with van der Waals surface area (Å²) in [6.45, 7) is 2.43. The molecule has 0 N–H and O–H groups in total. The summed E-state index contributed by atoms with van der Waals surface area (Å²) >= 11 is 0. The number of carbonyl (C=O) groups excluding carboxylic acids is 1. The number of imidazole rings is 1. The monoisotopic (exact) mass is 311 g/mol. The van der Waals surface area contributed by atoms with Gasteiger partial charge in [-0.25, -0.2) is 13.4 Å². The number of hydrogen-bond acceptors (Lipinski definition) is 4. The van der Waals surface area contributed by atoms with Crippen molar-refractivity contribution in [2.75, 3.05) is 24.6 Å². The molecule has 2 aliphatic heterocycles. The van der Waals surface area contributed by atoms with Crippen molar-refractivity contribution in [3.63, 3.8) is 0 Å². The Morgan fingerprint density at radius 2 is 2.00 bits per heavy atom. The number of sulfone groups is 1. The number of aromatic nitrogens is 2. The van der Waals surface area contributed by atoms with E-state index in [2.05, 4.69) is 9.55 Å². The second-order valence-corrected chi connectivity index (χ2v) is 8.36. The van der Waals surface area contributed by atoms with Crippen LogP contribution in [0.2, 0.25) is 0 Å². The first kappa shape index (κ1) is 14.6. The first-order valence-corrected chi connectivity index (χ1v) is 9.30. The lowest BCUT2D eigenvalue weighted by Gasteiger charge is -2.33. The summed E-state index contributed by atoms with van der Waals surface area (Å²) in [5, 5.41) is 0. The lowest BCUT2D eigenvalue weighted by Crippen LogP contribution is -2.42. The van der Waals surface area contributed by atoms with E-state index in [0.29, 0.717) is 12.3 Å². The summed E-state index contributed by atoms with van der Waals surface area (Å²) in [5.74, 6) is 0.509. The van der Waals surface area contributed by atoms with Gasteiger partial charge in [0, 0.05) is 32.0 Å². The van der Waals surface area contributed by atoms with Crippen LogP contribution in [-0.4, -0.2) is 53.4 Å². The van der Waals surface area contributed by atoms with Gasteiger partial charge in [0.1, 0.15) is 0 Å². The standard InChI is InChI=1S/C14H21N3O3S/c18-14(13-3-8-21(19,20)10-13)17-5-1-12(2-6-17)9-16-7-4-15-11-16/h4,7,11-13H,1-3,5-6,8-10H2. The molecular formula is C14H21N3O3S. The Balaban J connectivity index is 1.50. The van der Waals surface area contributed by atoms with Gasteiger partial charge >= 0.3 is 0 Å². The smallest absolute Gasteiger partial charge is 0.226 e. The number of rotatable bonds is 3. The van der Waals surface area contributed by atoms with Crippen LogP contribution in [0.5, 0.6) is 0 Å². The van der Waals surface area contributed by atoms with Gasteiger partial charge in [-0.15, -0.1) is 0 Å². The third-order valence-corrected chi connectivity index (χ3v) is 6.30.